The maximum absolute atomic E-state index is 13.4. The maximum Gasteiger partial charge on any atom is 0.277 e. The summed E-state index contributed by atoms with van der Waals surface area (Å²) < 4.78 is 8.30. The number of H-pyrrole nitrogens is 1. The number of nitrogens with two attached hydrogens (primary N) is 1. The van der Waals surface area contributed by atoms with Crippen molar-refractivity contribution < 1.29 is 14.3 Å². The van der Waals surface area contributed by atoms with Crippen molar-refractivity contribution in [2.24, 2.45) is 5.73 Å². The Bertz CT molecular complexity index is 1480. The van der Waals surface area contributed by atoms with Crippen molar-refractivity contribution in [2.45, 2.75) is 13.3 Å². The van der Waals surface area contributed by atoms with Crippen LogP contribution in [0.25, 0.3) is 16.7 Å². The SMILES string of the molecule is Cc1ccc(Br)cc1-n1cnc(C(N)=O)c1C(=O)Nc1nc2cc(OCCCN3CCNCC3)ccc2[nH]1.Cl. The molecule has 3 heterocycles. The number of carbonyl (C=O) groups is 2. The number of carbonyl (C=O) groups excluding carboxylic acids is 2. The minimum absolute atomic E-state index is 0. The summed E-state index contributed by atoms with van der Waals surface area (Å²) in [7, 11) is 0. The molecular weight excluding hydrogens is 588 g/mol. The average Bonchev–Trinajstić information content (AvgIpc) is 3.52. The van der Waals surface area contributed by atoms with Gasteiger partial charge in [-0.05, 0) is 43.2 Å². The lowest BCUT2D eigenvalue weighted by Crippen LogP contribution is -2.43. The molecule has 2 aromatic heterocycles. The number of hydrogen-bond donors (Lipinski definition) is 4. The number of hydrogen-bond acceptors (Lipinski definition) is 7. The van der Waals surface area contributed by atoms with Crippen molar-refractivity contribution in [1.29, 1.82) is 0 Å². The number of nitrogens with zero attached hydrogens (tertiary/aromatic N) is 4. The molecule has 206 valence electrons. The van der Waals surface area contributed by atoms with Gasteiger partial charge in [0.2, 0.25) is 5.95 Å². The van der Waals surface area contributed by atoms with E-state index >= 15 is 0 Å². The van der Waals surface area contributed by atoms with Crippen LogP contribution in [0, 0.1) is 6.92 Å². The van der Waals surface area contributed by atoms with Gasteiger partial charge in [-0.2, -0.15) is 0 Å². The zero-order chi connectivity index (χ0) is 26.6. The molecule has 1 saturated heterocycles. The van der Waals surface area contributed by atoms with Gasteiger partial charge in [-0.1, -0.05) is 22.0 Å². The van der Waals surface area contributed by atoms with Crippen molar-refractivity contribution in [3.8, 4) is 11.4 Å². The summed E-state index contributed by atoms with van der Waals surface area (Å²) in [5.74, 6) is -0.430. The molecule has 1 aliphatic heterocycles. The first-order chi connectivity index (χ1) is 18.4. The summed E-state index contributed by atoms with van der Waals surface area (Å²) >= 11 is 3.45. The number of anilines is 1. The van der Waals surface area contributed by atoms with Crippen LogP contribution >= 0.6 is 28.3 Å². The third kappa shape index (κ3) is 6.59. The molecule has 0 saturated carbocycles. The second kappa shape index (κ2) is 12.6. The summed E-state index contributed by atoms with van der Waals surface area (Å²) in [5, 5.41) is 6.10. The summed E-state index contributed by atoms with van der Waals surface area (Å²) in [6.07, 6.45) is 2.35. The van der Waals surface area contributed by atoms with E-state index in [0.717, 1.165) is 54.7 Å². The molecule has 39 heavy (non-hydrogen) atoms. The molecule has 0 bridgehead atoms. The zero-order valence-corrected chi connectivity index (χ0v) is 23.8. The molecule has 0 spiro atoms. The number of ether oxygens (including phenoxy) is 1. The van der Waals surface area contributed by atoms with Gasteiger partial charge in [-0.3, -0.25) is 19.5 Å². The zero-order valence-electron chi connectivity index (χ0n) is 21.4. The van der Waals surface area contributed by atoms with Gasteiger partial charge in [0.05, 0.1) is 23.3 Å². The Hall–Kier alpha value is -3.45. The number of benzene rings is 2. The number of amides is 2. The van der Waals surface area contributed by atoms with E-state index in [4.69, 9.17) is 10.5 Å². The number of aryl methyl sites for hydroxylation is 1. The first kappa shape index (κ1) is 28.6. The third-order valence-electron chi connectivity index (χ3n) is 6.43. The predicted octanol–water partition coefficient (Wildman–Crippen LogP) is 3.27. The lowest BCUT2D eigenvalue weighted by atomic mass is 10.2. The van der Waals surface area contributed by atoms with Gasteiger partial charge < -0.3 is 25.7 Å². The van der Waals surface area contributed by atoms with Crippen molar-refractivity contribution in [3.63, 3.8) is 0 Å². The molecule has 2 aromatic carbocycles. The quantitative estimate of drug-likeness (QED) is 0.211. The van der Waals surface area contributed by atoms with Crippen LogP contribution in [0.1, 0.15) is 33.0 Å². The molecule has 11 nitrogen and oxygen atoms in total. The molecule has 0 aliphatic carbocycles. The van der Waals surface area contributed by atoms with E-state index in [0.29, 0.717) is 23.6 Å². The number of nitrogens with one attached hydrogen (secondary N) is 3. The van der Waals surface area contributed by atoms with Gasteiger partial charge in [0, 0.05) is 43.3 Å². The van der Waals surface area contributed by atoms with Crippen molar-refractivity contribution >= 4 is 57.1 Å². The van der Waals surface area contributed by atoms with Crippen LogP contribution in [0.2, 0.25) is 0 Å². The van der Waals surface area contributed by atoms with Gasteiger partial charge >= 0.3 is 0 Å². The average molecular weight is 618 g/mol. The minimum Gasteiger partial charge on any atom is -0.493 e. The highest BCUT2D eigenvalue weighted by molar-refractivity contribution is 9.10. The van der Waals surface area contributed by atoms with E-state index in [1.54, 1.807) is 4.57 Å². The van der Waals surface area contributed by atoms with Crippen LogP contribution in [-0.2, 0) is 0 Å². The Balaban J connectivity index is 0.00000353. The summed E-state index contributed by atoms with van der Waals surface area (Å²) in [6.45, 7) is 7.72. The molecule has 2 amide bonds. The number of piperazine rings is 1. The lowest BCUT2D eigenvalue weighted by Gasteiger charge is -2.26. The number of halogens is 2. The lowest BCUT2D eigenvalue weighted by molar-refractivity contribution is 0.0970. The molecule has 13 heteroatoms. The topological polar surface area (TPSA) is 143 Å². The smallest absolute Gasteiger partial charge is 0.277 e. The van der Waals surface area contributed by atoms with E-state index < -0.39 is 11.8 Å². The standard InChI is InChI=1S/C26H29BrN8O3.ClH/c1-16-3-4-17(27)13-21(16)35-15-30-22(24(28)36)23(35)25(37)33-26-31-19-6-5-18(14-20(19)32-26)38-12-2-9-34-10-7-29-8-11-34;/h3-6,13-15,29H,2,7-12H2,1H3,(H2,28,36)(H2,31,32,33,37);1H. The maximum atomic E-state index is 13.4. The summed E-state index contributed by atoms with van der Waals surface area (Å²) in [5.41, 5.74) is 8.38. The predicted molar refractivity (Wildman–Crippen MR) is 155 cm³/mol. The van der Waals surface area contributed by atoms with E-state index in [9.17, 15) is 9.59 Å². The van der Waals surface area contributed by atoms with Crippen LogP contribution < -0.4 is 21.1 Å². The van der Waals surface area contributed by atoms with Gasteiger partial charge in [-0.15, -0.1) is 12.4 Å². The first-order valence-electron chi connectivity index (χ1n) is 12.4. The van der Waals surface area contributed by atoms with Crippen molar-refractivity contribution in [3.05, 3.63) is 64.1 Å². The molecule has 1 aliphatic rings. The monoisotopic (exact) mass is 616 g/mol. The van der Waals surface area contributed by atoms with Gasteiger partial charge in [-0.25, -0.2) is 9.97 Å². The summed E-state index contributed by atoms with van der Waals surface area (Å²) in [4.78, 5) is 39.5. The Labute approximate surface area is 240 Å². The first-order valence-corrected chi connectivity index (χ1v) is 13.2. The van der Waals surface area contributed by atoms with Crippen LogP contribution in [0.5, 0.6) is 5.75 Å². The molecule has 5 N–H and O–H groups in total. The Morgan fingerprint density at radius 1 is 1.18 bits per heavy atom. The van der Waals surface area contributed by atoms with Crippen molar-refractivity contribution in [1.82, 2.24) is 29.7 Å². The number of aromatic nitrogens is 4. The number of aromatic amines is 1. The van der Waals surface area contributed by atoms with Crippen LogP contribution in [0.15, 0.2) is 47.2 Å². The fourth-order valence-electron chi connectivity index (χ4n) is 4.48. The molecular formula is C26H30BrClN8O3. The number of imidazole rings is 2. The van der Waals surface area contributed by atoms with Crippen LogP contribution in [0.4, 0.5) is 5.95 Å². The molecule has 0 unspecified atom stereocenters. The Morgan fingerprint density at radius 2 is 1.97 bits per heavy atom. The van der Waals surface area contributed by atoms with Crippen LogP contribution in [-0.4, -0.2) is 75.6 Å². The highest BCUT2D eigenvalue weighted by Gasteiger charge is 2.25. The van der Waals surface area contributed by atoms with E-state index in [1.807, 2.05) is 43.3 Å². The molecule has 4 aromatic rings. The number of primary amides is 1. The van der Waals surface area contributed by atoms with Crippen LogP contribution in [0.3, 0.4) is 0 Å². The second-order valence-electron chi connectivity index (χ2n) is 9.12. The number of rotatable bonds is 9. The highest BCUT2D eigenvalue weighted by Crippen LogP contribution is 2.25. The molecule has 1 fully saturated rings. The fraction of sp³-hybridized carbons (Fsp3) is 0.308. The van der Waals surface area contributed by atoms with E-state index in [2.05, 4.69) is 46.4 Å². The van der Waals surface area contributed by atoms with E-state index in [1.165, 1.54) is 6.33 Å². The molecule has 0 atom stereocenters. The van der Waals surface area contributed by atoms with Gasteiger partial charge in [0.15, 0.2) is 5.69 Å². The van der Waals surface area contributed by atoms with Gasteiger partial charge in [0.1, 0.15) is 17.8 Å². The number of fused-ring (bicyclic) bond motifs is 1. The normalized spacial score (nSPS) is 13.7. The second-order valence-corrected chi connectivity index (χ2v) is 10.0. The fourth-order valence-corrected chi connectivity index (χ4v) is 4.83. The third-order valence-corrected chi connectivity index (χ3v) is 6.92. The molecule has 0 radical (unpaired) electrons. The molecule has 5 rings (SSSR count). The van der Waals surface area contributed by atoms with Gasteiger partial charge in [0.25, 0.3) is 11.8 Å². The van der Waals surface area contributed by atoms with Crippen molar-refractivity contribution in [2.75, 3.05) is 44.6 Å². The van der Waals surface area contributed by atoms with E-state index in [-0.39, 0.29) is 29.7 Å². The minimum atomic E-state index is -0.801. The Kier molecular flexibility index (Phi) is 9.23. The Morgan fingerprint density at radius 3 is 2.74 bits per heavy atom. The highest BCUT2D eigenvalue weighted by atomic mass is 79.9. The summed E-state index contributed by atoms with van der Waals surface area (Å²) in [6, 6.07) is 11.2. The largest absolute Gasteiger partial charge is 0.493 e.